The van der Waals surface area contributed by atoms with Crippen molar-refractivity contribution in [3.05, 3.63) is 53.1 Å². The summed E-state index contributed by atoms with van der Waals surface area (Å²) in [5.41, 5.74) is 2.58. The number of benzene rings is 2. The molecule has 148 valence electrons. The molecule has 0 aromatic heterocycles. The molecule has 1 aliphatic heterocycles. The highest BCUT2D eigenvalue weighted by Crippen LogP contribution is 2.27. The highest BCUT2D eigenvalue weighted by molar-refractivity contribution is 6.31. The third-order valence-electron chi connectivity index (χ3n) is 4.74. The zero-order valence-corrected chi connectivity index (χ0v) is 16.8. The van der Waals surface area contributed by atoms with Gasteiger partial charge in [-0.05, 0) is 42.8 Å². The number of aryl methyl sites for hydroxylation is 1. The molecule has 1 fully saturated rings. The van der Waals surface area contributed by atoms with E-state index >= 15 is 0 Å². The topological polar surface area (TPSA) is 61.9 Å². The highest BCUT2D eigenvalue weighted by Gasteiger charge is 2.21. The van der Waals surface area contributed by atoms with E-state index in [1.54, 1.807) is 25.1 Å². The summed E-state index contributed by atoms with van der Waals surface area (Å²) in [7, 11) is 0. The Morgan fingerprint density at radius 1 is 1.11 bits per heavy atom. The third kappa shape index (κ3) is 4.95. The van der Waals surface area contributed by atoms with Crippen molar-refractivity contribution in [2.75, 3.05) is 43.0 Å². The Labute approximate surface area is 170 Å². The van der Waals surface area contributed by atoms with Crippen molar-refractivity contribution in [2.24, 2.45) is 0 Å². The van der Waals surface area contributed by atoms with Crippen LogP contribution in [-0.2, 0) is 9.59 Å². The number of rotatable bonds is 5. The molecule has 0 bridgehead atoms. The van der Waals surface area contributed by atoms with Gasteiger partial charge in [0, 0.05) is 38.1 Å². The quantitative estimate of drug-likeness (QED) is 0.834. The Hall–Kier alpha value is -2.73. The summed E-state index contributed by atoms with van der Waals surface area (Å²) in [6, 6.07) is 13.0. The van der Waals surface area contributed by atoms with Gasteiger partial charge in [0.1, 0.15) is 5.75 Å². The number of carbonyl (C=O) groups excluding carboxylic acids is 2. The van der Waals surface area contributed by atoms with Crippen LogP contribution in [0, 0.1) is 6.92 Å². The fourth-order valence-electron chi connectivity index (χ4n) is 3.16. The summed E-state index contributed by atoms with van der Waals surface area (Å²) in [5.74, 6) is 0.462. The molecule has 1 heterocycles. The minimum Gasteiger partial charge on any atom is -0.484 e. The van der Waals surface area contributed by atoms with Gasteiger partial charge in [0.25, 0.3) is 5.91 Å². The van der Waals surface area contributed by atoms with Crippen LogP contribution in [0.5, 0.6) is 5.75 Å². The summed E-state index contributed by atoms with van der Waals surface area (Å²) >= 11 is 6.01. The first kappa shape index (κ1) is 20.0. The molecule has 6 nitrogen and oxygen atoms in total. The van der Waals surface area contributed by atoms with Gasteiger partial charge in [-0.15, -0.1) is 0 Å². The second-order valence-electron chi connectivity index (χ2n) is 6.76. The first-order chi connectivity index (χ1) is 13.4. The Kier molecular flexibility index (Phi) is 6.41. The summed E-state index contributed by atoms with van der Waals surface area (Å²) in [5, 5.41) is 3.59. The van der Waals surface area contributed by atoms with E-state index in [1.165, 1.54) is 0 Å². The molecule has 1 aliphatic rings. The monoisotopic (exact) mass is 401 g/mol. The van der Waals surface area contributed by atoms with Crippen LogP contribution in [0.4, 0.5) is 11.4 Å². The van der Waals surface area contributed by atoms with Crippen LogP contribution in [0.3, 0.4) is 0 Å². The van der Waals surface area contributed by atoms with Crippen LogP contribution < -0.4 is 15.0 Å². The fraction of sp³-hybridized carbons (Fsp3) is 0.333. The van der Waals surface area contributed by atoms with Gasteiger partial charge in [0.15, 0.2) is 6.61 Å². The molecular formula is C21H24ClN3O3. The van der Waals surface area contributed by atoms with E-state index in [9.17, 15) is 9.59 Å². The van der Waals surface area contributed by atoms with E-state index in [2.05, 4.69) is 10.2 Å². The maximum atomic E-state index is 12.4. The molecule has 3 rings (SSSR count). The van der Waals surface area contributed by atoms with Gasteiger partial charge in [-0.1, -0.05) is 23.7 Å². The molecular weight excluding hydrogens is 378 g/mol. The van der Waals surface area contributed by atoms with Crippen LogP contribution in [-0.4, -0.2) is 49.5 Å². The molecule has 0 aliphatic carbocycles. The molecule has 0 spiro atoms. The van der Waals surface area contributed by atoms with Crippen LogP contribution in [0.1, 0.15) is 12.5 Å². The molecule has 2 aromatic carbocycles. The van der Waals surface area contributed by atoms with Gasteiger partial charge in [0.05, 0.1) is 11.4 Å². The van der Waals surface area contributed by atoms with E-state index in [-0.39, 0.29) is 18.4 Å². The first-order valence-corrected chi connectivity index (χ1v) is 9.60. The van der Waals surface area contributed by atoms with Gasteiger partial charge >= 0.3 is 0 Å². The second kappa shape index (κ2) is 8.97. The highest BCUT2D eigenvalue weighted by atomic mass is 35.5. The van der Waals surface area contributed by atoms with Crippen molar-refractivity contribution in [1.82, 2.24) is 4.90 Å². The smallest absolute Gasteiger partial charge is 0.262 e. The molecule has 1 saturated heterocycles. The average molecular weight is 402 g/mol. The summed E-state index contributed by atoms with van der Waals surface area (Å²) < 4.78 is 5.57. The van der Waals surface area contributed by atoms with Crippen molar-refractivity contribution in [1.29, 1.82) is 0 Å². The number of para-hydroxylation sites is 2. The molecule has 2 aromatic rings. The number of ether oxygens (including phenoxy) is 1. The zero-order chi connectivity index (χ0) is 20.1. The molecule has 2 amide bonds. The van der Waals surface area contributed by atoms with Crippen LogP contribution in [0.25, 0.3) is 0 Å². The van der Waals surface area contributed by atoms with Crippen molar-refractivity contribution in [2.45, 2.75) is 13.8 Å². The molecule has 0 atom stereocenters. The van der Waals surface area contributed by atoms with Gasteiger partial charge in [-0.25, -0.2) is 0 Å². The Balaban J connectivity index is 1.60. The third-order valence-corrected chi connectivity index (χ3v) is 5.17. The van der Waals surface area contributed by atoms with Crippen LogP contribution >= 0.6 is 11.6 Å². The number of nitrogens with zero attached hydrogens (tertiary/aromatic N) is 2. The van der Waals surface area contributed by atoms with Gasteiger partial charge in [0.2, 0.25) is 5.91 Å². The SMILES string of the molecule is CC(=O)N1CCN(c2ccccc2NC(=O)COc2ccc(Cl)c(C)c2)CC1. The van der Waals surface area contributed by atoms with Gasteiger partial charge in [-0.2, -0.15) is 0 Å². The zero-order valence-electron chi connectivity index (χ0n) is 16.1. The minimum atomic E-state index is -0.234. The molecule has 0 radical (unpaired) electrons. The predicted octanol–water partition coefficient (Wildman–Crippen LogP) is 3.33. The Morgan fingerprint density at radius 3 is 2.50 bits per heavy atom. The molecule has 7 heteroatoms. The number of carbonyl (C=O) groups is 2. The lowest BCUT2D eigenvalue weighted by molar-refractivity contribution is -0.129. The largest absolute Gasteiger partial charge is 0.484 e. The van der Waals surface area contributed by atoms with E-state index < -0.39 is 0 Å². The van der Waals surface area contributed by atoms with Gasteiger partial charge < -0.3 is 19.9 Å². The molecule has 1 N–H and O–H groups in total. The van der Waals surface area contributed by atoms with Crippen LogP contribution in [0.15, 0.2) is 42.5 Å². The van der Waals surface area contributed by atoms with Crippen molar-refractivity contribution < 1.29 is 14.3 Å². The molecule has 0 saturated carbocycles. The number of piperazine rings is 1. The Morgan fingerprint density at radius 2 is 1.82 bits per heavy atom. The normalized spacial score (nSPS) is 14.0. The Bertz CT molecular complexity index is 864. The van der Waals surface area contributed by atoms with Crippen molar-refractivity contribution in [3.8, 4) is 5.75 Å². The summed E-state index contributed by atoms with van der Waals surface area (Å²) in [6.45, 7) is 6.20. The predicted molar refractivity (Wildman–Crippen MR) is 111 cm³/mol. The van der Waals surface area contributed by atoms with E-state index in [1.807, 2.05) is 36.1 Å². The number of hydrogen-bond donors (Lipinski definition) is 1. The van der Waals surface area contributed by atoms with Gasteiger partial charge in [-0.3, -0.25) is 9.59 Å². The van der Waals surface area contributed by atoms with E-state index in [4.69, 9.17) is 16.3 Å². The van der Waals surface area contributed by atoms with Crippen molar-refractivity contribution in [3.63, 3.8) is 0 Å². The first-order valence-electron chi connectivity index (χ1n) is 9.22. The molecule has 28 heavy (non-hydrogen) atoms. The minimum absolute atomic E-state index is 0.0898. The average Bonchev–Trinajstić information content (AvgIpc) is 2.69. The maximum Gasteiger partial charge on any atom is 0.262 e. The standard InChI is InChI=1S/C21H24ClN3O3/c1-15-13-17(7-8-18(15)22)28-14-21(27)23-19-5-3-4-6-20(19)25-11-9-24(10-12-25)16(2)26/h3-8,13H,9-12,14H2,1-2H3,(H,23,27). The lowest BCUT2D eigenvalue weighted by Gasteiger charge is -2.36. The number of halogens is 1. The fourth-order valence-corrected chi connectivity index (χ4v) is 3.28. The second-order valence-corrected chi connectivity index (χ2v) is 7.17. The number of nitrogens with one attached hydrogen (secondary N) is 1. The van der Waals surface area contributed by atoms with E-state index in [0.717, 1.165) is 30.0 Å². The maximum absolute atomic E-state index is 12.4. The number of amides is 2. The lowest BCUT2D eigenvalue weighted by atomic mass is 10.2. The number of anilines is 2. The van der Waals surface area contributed by atoms with Crippen LogP contribution in [0.2, 0.25) is 5.02 Å². The van der Waals surface area contributed by atoms with Crippen molar-refractivity contribution >= 4 is 34.8 Å². The molecule has 0 unspecified atom stereocenters. The summed E-state index contributed by atoms with van der Waals surface area (Å²) in [6.07, 6.45) is 0. The lowest BCUT2D eigenvalue weighted by Crippen LogP contribution is -2.48. The summed E-state index contributed by atoms with van der Waals surface area (Å²) in [4.78, 5) is 27.9. The number of hydrogen-bond acceptors (Lipinski definition) is 4. The van der Waals surface area contributed by atoms with E-state index in [0.29, 0.717) is 23.9 Å².